The van der Waals surface area contributed by atoms with Crippen LogP contribution in [0.2, 0.25) is 0 Å². The zero-order chi connectivity index (χ0) is 21.2. The molecule has 0 radical (unpaired) electrons. The Balaban J connectivity index is 1.31. The molecule has 2 N–H and O–H groups in total. The largest absolute Gasteiger partial charge is 0.497 e. The van der Waals surface area contributed by atoms with E-state index in [1.807, 2.05) is 60.7 Å². The number of ether oxygens (including phenoxy) is 1. The van der Waals surface area contributed by atoms with Gasteiger partial charge in [-0.25, -0.2) is 9.97 Å². The van der Waals surface area contributed by atoms with Gasteiger partial charge >= 0.3 is 0 Å². The van der Waals surface area contributed by atoms with Crippen molar-refractivity contribution in [3.8, 4) is 27.6 Å². The van der Waals surface area contributed by atoms with E-state index in [-0.39, 0.29) is 5.91 Å². The first-order valence-corrected chi connectivity index (χ1v) is 10.3. The van der Waals surface area contributed by atoms with Crippen LogP contribution >= 0.6 is 11.3 Å². The van der Waals surface area contributed by atoms with Crippen LogP contribution in [0.5, 0.6) is 5.75 Å². The minimum Gasteiger partial charge on any atom is -0.497 e. The summed E-state index contributed by atoms with van der Waals surface area (Å²) >= 11 is 1.54. The average Bonchev–Trinajstić information content (AvgIpc) is 3.47. The number of H-pyrrole nitrogens is 1. The highest BCUT2D eigenvalue weighted by Crippen LogP contribution is 2.29. The number of hydrogen-bond donors (Lipinski definition) is 2. The molecule has 1 amide bonds. The van der Waals surface area contributed by atoms with Gasteiger partial charge in [-0.2, -0.15) is 5.10 Å². The number of carbonyl (C=O) groups excluding carboxylic acids is 1. The molecule has 3 aromatic heterocycles. The number of thiazole rings is 1. The summed E-state index contributed by atoms with van der Waals surface area (Å²) in [5.41, 5.74) is 4.45. The fourth-order valence-electron chi connectivity index (χ4n) is 3.16. The topological polar surface area (TPSA) is 92.8 Å². The molecule has 3 heterocycles. The van der Waals surface area contributed by atoms with Gasteiger partial charge in [0.1, 0.15) is 26.8 Å². The standard InChI is InChI=1S/C23H17N5O2S/c1-30-17-5-2-4-15(12-17)19-13-20(28-27-19)21(29)25-16-9-7-14(8-10-16)22-26-18-6-3-11-24-23(18)31-22/h2-13H,1H3,(H,25,29)(H,27,28). The van der Waals surface area contributed by atoms with Gasteiger partial charge in [-0.05, 0) is 54.6 Å². The smallest absolute Gasteiger partial charge is 0.273 e. The number of rotatable bonds is 5. The van der Waals surface area contributed by atoms with E-state index < -0.39 is 0 Å². The maximum Gasteiger partial charge on any atom is 0.273 e. The van der Waals surface area contributed by atoms with Gasteiger partial charge in [0.25, 0.3) is 5.91 Å². The first-order chi connectivity index (χ1) is 15.2. The van der Waals surface area contributed by atoms with Crippen molar-refractivity contribution in [2.45, 2.75) is 0 Å². The first-order valence-electron chi connectivity index (χ1n) is 9.53. The summed E-state index contributed by atoms with van der Waals surface area (Å²) in [6.45, 7) is 0. The van der Waals surface area contributed by atoms with Crippen LogP contribution in [-0.2, 0) is 0 Å². The third kappa shape index (κ3) is 3.88. The molecule has 0 bridgehead atoms. The van der Waals surface area contributed by atoms with Gasteiger partial charge in [-0.15, -0.1) is 0 Å². The number of nitrogens with one attached hydrogen (secondary N) is 2. The molecule has 31 heavy (non-hydrogen) atoms. The number of hydrogen-bond acceptors (Lipinski definition) is 6. The Morgan fingerprint density at radius 3 is 2.71 bits per heavy atom. The lowest BCUT2D eigenvalue weighted by molar-refractivity contribution is 0.102. The number of pyridine rings is 1. The van der Waals surface area contributed by atoms with Gasteiger partial charge < -0.3 is 10.1 Å². The van der Waals surface area contributed by atoms with E-state index in [1.165, 1.54) is 11.3 Å². The van der Waals surface area contributed by atoms with Gasteiger partial charge in [0, 0.05) is 23.0 Å². The lowest BCUT2D eigenvalue weighted by atomic mass is 10.1. The third-order valence-electron chi connectivity index (χ3n) is 4.74. The van der Waals surface area contributed by atoms with Gasteiger partial charge in [-0.3, -0.25) is 9.89 Å². The van der Waals surface area contributed by atoms with E-state index in [1.54, 1.807) is 19.4 Å². The molecule has 0 fully saturated rings. The molecule has 0 atom stereocenters. The summed E-state index contributed by atoms with van der Waals surface area (Å²) in [6.07, 6.45) is 1.76. The normalized spacial score (nSPS) is 10.9. The highest BCUT2D eigenvalue weighted by Gasteiger charge is 2.13. The van der Waals surface area contributed by atoms with E-state index >= 15 is 0 Å². The van der Waals surface area contributed by atoms with Crippen molar-refractivity contribution >= 4 is 33.3 Å². The lowest BCUT2D eigenvalue weighted by Gasteiger charge is -2.04. The van der Waals surface area contributed by atoms with Crippen molar-refractivity contribution in [3.05, 3.63) is 78.6 Å². The summed E-state index contributed by atoms with van der Waals surface area (Å²) in [5, 5.41) is 10.8. The fourth-order valence-corrected chi connectivity index (χ4v) is 4.07. The number of methoxy groups -OCH3 is 1. The Bertz CT molecular complexity index is 1340. The lowest BCUT2D eigenvalue weighted by Crippen LogP contribution is -2.12. The predicted octanol–water partition coefficient (Wildman–Crippen LogP) is 5.01. The van der Waals surface area contributed by atoms with Gasteiger partial charge in [0.2, 0.25) is 0 Å². The zero-order valence-corrected chi connectivity index (χ0v) is 17.3. The number of carbonyl (C=O) groups is 1. The van der Waals surface area contributed by atoms with Crippen LogP contribution in [0.1, 0.15) is 10.5 Å². The molecule has 0 unspecified atom stereocenters. The predicted molar refractivity (Wildman–Crippen MR) is 121 cm³/mol. The van der Waals surface area contributed by atoms with Crippen LogP contribution in [0.3, 0.4) is 0 Å². The summed E-state index contributed by atoms with van der Waals surface area (Å²) < 4.78 is 5.24. The molecule has 0 saturated carbocycles. The molecule has 8 heteroatoms. The molecular weight excluding hydrogens is 410 g/mol. The number of aromatic nitrogens is 4. The molecule has 0 aliphatic heterocycles. The number of nitrogens with zero attached hydrogens (tertiary/aromatic N) is 3. The van der Waals surface area contributed by atoms with Crippen molar-refractivity contribution < 1.29 is 9.53 Å². The van der Waals surface area contributed by atoms with Crippen molar-refractivity contribution in [2.75, 3.05) is 12.4 Å². The van der Waals surface area contributed by atoms with Crippen LogP contribution in [-0.4, -0.2) is 33.2 Å². The van der Waals surface area contributed by atoms with E-state index in [0.29, 0.717) is 17.1 Å². The summed E-state index contributed by atoms with van der Waals surface area (Å²) in [5.74, 6) is 0.467. The zero-order valence-electron chi connectivity index (χ0n) is 16.5. The van der Waals surface area contributed by atoms with Crippen LogP contribution in [0.15, 0.2) is 72.9 Å². The van der Waals surface area contributed by atoms with E-state index in [9.17, 15) is 4.79 Å². The highest BCUT2D eigenvalue weighted by atomic mass is 32.1. The van der Waals surface area contributed by atoms with Crippen molar-refractivity contribution in [2.24, 2.45) is 0 Å². The second kappa shape index (κ2) is 8.00. The van der Waals surface area contributed by atoms with Gasteiger partial charge in [-0.1, -0.05) is 23.5 Å². The SMILES string of the molecule is COc1cccc(-c2cc(C(=O)Nc3ccc(-c4nc5cccnc5s4)cc3)[nH]n2)c1. The monoisotopic (exact) mass is 427 g/mol. The summed E-state index contributed by atoms with van der Waals surface area (Å²) in [4.78, 5) is 22.5. The molecule has 5 aromatic rings. The molecule has 0 saturated heterocycles. The highest BCUT2D eigenvalue weighted by molar-refractivity contribution is 7.21. The molecule has 0 aliphatic rings. The number of amides is 1. The van der Waals surface area contributed by atoms with Crippen molar-refractivity contribution in [3.63, 3.8) is 0 Å². The Morgan fingerprint density at radius 1 is 1.03 bits per heavy atom. The van der Waals surface area contributed by atoms with E-state index in [0.717, 1.165) is 32.2 Å². The molecule has 7 nitrogen and oxygen atoms in total. The minimum absolute atomic E-state index is 0.265. The molecule has 152 valence electrons. The molecule has 2 aromatic carbocycles. The number of anilines is 1. The number of aromatic amines is 1. The number of fused-ring (bicyclic) bond motifs is 1. The third-order valence-corrected chi connectivity index (χ3v) is 5.77. The molecule has 5 rings (SSSR count). The van der Waals surface area contributed by atoms with Crippen LogP contribution < -0.4 is 10.1 Å². The van der Waals surface area contributed by atoms with Gasteiger partial charge in [0.05, 0.1) is 12.8 Å². The Morgan fingerprint density at radius 2 is 1.90 bits per heavy atom. The molecular formula is C23H17N5O2S. The van der Waals surface area contributed by atoms with Gasteiger partial charge in [0.15, 0.2) is 0 Å². The van der Waals surface area contributed by atoms with Crippen LogP contribution in [0.4, 0.5) is 5.69 Å². The summed E-state index contributed by atoms with van der Waals surface area (Å²) in [7, 11) is 1.61. The van der Waals surface area contributed by atoms with E-state index in [4.69, 9.17) is 4.74 Å². The number of benzene rings is 2. The van der Waals surface area contributed by atoms with E-state index in [2.05, 4.69) is 25.5 Å². The Labute approximate surface area is 181 Å². The second-order valence-corrected chi connectivity index (χ2v) is 7.75. The maximum absolute atomic E-state index is 12.6. The first kappa shape index (κ1) is 19.0. The maximum atomic E-state index is 12.6. The quantitative estimate of drug-likeness (QED) is 0.411. The van der Waals surface area contributed by atoms with Crippen molar-refractivity contribution in [1.29, 1.82) is 0 Å². The second-order valence-electron chi connectivity index (χ2n) is 6.78. The minimum atomic E-state index is -0.265. The molecule has 0 spiro atoms. The van der Waals surface area contributed by atoms with Crippen molar-refractivity contribution in [1.82, 2.24) is 20.2 Å². The average molecular weight is 427 g/mol. The Kier molecular flexibility index (Phi) is 4.89. The molecule has 0 aliphatic carbocycles. The Hall–Kier alpha value is -4.04. The summed E-state index contributed by atoms with van der Waals surface area (Å²) in [6, 6.07) is 20.6. The fraction of sp³-hybridized carbons (Fsp3) is 0.0435. The van der Waals surface area contributed by atoms with Crippen LogP contribution in [0.25, 0.3) is 32.2 Å². The van der Waals surface area contributed by atoms with Crippen LogP contribution in [0, 0.1) is 0 Å².